The molecule has 3 aliphatic rings. The SMILES string of the molecule is O=C(c1cccc(NC2=N[C@H]3CS(=O)(=O)C[C@@H]3S2)c1)N1CCN(c2cccc(Cl)c2)CC1. The molecule has 0 spiro atoms. The molecule has 0 unspecified atom stereocenters. The van der Waals surface area contributed by atoms with Crippen molar-refractivity contribution in [3.63, 3.8) is 0 Å². The molecule has 168 valence electrons. The van der Waals surface area contributed by atoms with Gasteiger partial charge in [0.25, 0.3) is 5.91 Å². The average Bonchev–Trinajstić information content (AvgIpc) is 3.26. The van der Waals surface area contributed by atoms with E-state index < -0.39 is 9.84 Å². The zero-order chi connectivity index (χ0) is 22.3. The first-order chi connectivity index (χ1) is 15.4. The molecule has 0 aromatic heterocycles. The number of piperazine rings is 1. The molecule has 3 aliphatic heterocycles. The summed E-state index contributed by atoms with van der Waals surface area (Å²) in [5.41, 5.74) is 2.48. The van der Waals surface area contributed by atoms with E-state index in [1.54, 1.807) is 0 Å². The van der Waals surface area contributed by atoms with Crippen LogP contribution in [-0.4, -0.2) is 73.4 Å². The van der Waals surface area contributed by atoms with Crippen LogP contribution in [0.2, 0.25) is 5.02 Å². The summed E-state index contributed by atoms with van der Waals surface area (Å²) in [6, 6.07) is 15.0. The Labute approximate surface area is 196 Å². The van der Waals surface area contributed by atoms with Crippen LogP contribution in [0.25, 0.3) is 0 Å². The number of fused-ring (bicyclic) bond motifs is 1. The number of rotatable bonds is 3. The summed E-state index contributed by atoms with van der Waals surface area (Å²) in [5, 5.41) is 4.67. The normalized spacial score (nSPS) is 24.2. The third kappa shape index (κ3) is 4.60. The van der Waals surface area contributed by atoms with Crippen molar-refractivity contribution in [2.45, 2.75) is 11.3 Å². The Hall–Kier alpha value is -2.23. The van der Waals surface area contributed by atoms with E-state index in [-0.39, 0.29) is 28.7 Å². The van der Waals surface area contributed by atoms with Gasteiger partial charge < -0.3 is 15.1 Å². The first kappa shape index (κ1) is 21.6. The largest absolute Gasteiger partial charge is 0.368 e. The maximum atomic E-state index is 13.1. The van der Waals surface area contributed by atoms with Crippen LogP contribution < -0.4 is 10.2 Å². The number of nitrogens with zero attached hydrogens (tertiary/aromatic N) is 3. The highest BCUT2D eigenvalue weighted by atomic mass is 35.5. The van der Waals surface area contributed by atoms with Crippen molar-refractivity contribution in [2.24, 2.45) is 4.99 Å². The van der Waals surface area contributed by atoms with Gasteiger partial charge in [-0.3, -0.25) is 9.79 Å². The number of nitrogens with one attached hydrogen (secondary N) is 1. The van der Waals surface area contributed by atoms with Gasteiger partial charge in [0.05, 0.1) is 17.5 Å². The van der Waals surface area contributed by atoms with Crippen LogP contribution in [0.15, 0.2) is 53.5 Å². The molecule has 32 heavy (non-hydrogen) atoms. The number of anilines is 2. The number of amidine groups is 1. The first-order valence-corrected chi connectivity index (χ1v) is 13.6. The highest BCUT2D eigenvalue weighted by Crippen LogP contribution is 2.34. The van der Waals surface area contributed by atoms with Crippen molar-refractivity contribution in [1.82, 2.24) is 4.90 Å². The van der Waals surface area contributed by atoms with Gasteiger partial charge in [-0.15, -0.1) is 0 Å². The number of sulfone groups is 1. The van der Waals surface area contributed by atoms with Gasteiger partial charge in [-0.2, -0.15) is 0 Å². The summed E-state index contributed by atoms with van der Waals surface area (Å²) >= 11 is 7.57. The number of aliphatic imine (C=N–C) groups is 1. The van der Waals surface area contributed by atoms with Gasteiger partial charge in [0, 0.05) is 53.4 Å². The van der Waals surface area contributed by atoms with E-state index in [9.17, 15) is 13.2 Å². The molecule has 3 heterocycles. The van der Waals surface area contributed by atoms with Crippen molar-refractivity contribution >= 4 is 55.6 Å². The fourth-order valence-corrected chi connectivity index (χ4v) is 8.15. The quantitative estimate of drug-likeness (QED) is 0.712. The van der Waals surface area contributed by atoms with E-state index >= 15 is 0 Å². The van der Waals surface area contributed by atoms with Gasteiger partial charge in [-0.05, 0) is 36.4 Å². The van der Waals surface area contributed by atoms with Crippen LogP contribution >= 0.6 is 23.4 Å². The fourth-order valence-electron chi connectivity index (χ4n) is 4.29. The third-order valence-electron chi connectivity index (χ3n) is 5.92. The topological polar surface area (TPSA) is 82.1 Å². The van der Waals surface area contributed by atoms with Crippen molar-refractivity contribution in [2.75, 3.05) is 47.9 Å². The van der Waals surface area contributed by atoms with Crippen LogP contribution in [0.3, 0.4) is 0 Å². The van der Waals surface area contributed by atoms with Crippen molar-refractivity contribution in [3.8, 4) is 0 Å². The summed E-state index contributed by atoms with van der Waals surface area (Å²) in [4.78, 5) is 21.7. The van der Waals surface area contributed by atoms with E-state index in [0.717, 1.165) is 29.6 Å². The Bertz CT molecular complexity index is 1180. The Balaban J connectivity index is 1.21. The van der Waals surface area contributed by atoms with Crippen LogP contribution in [0, 0.1) is 0 Å². The van der Waals surface area contributed by atoms with Crippen LogP contribution in [-0.2, 0) is 9.84 Å². The van der Waals surface area contributed by atoms with E-state index in [1.807, 2.05) is 53.4 Å². The molecular weight excluding hydrogens is 468 g/mol. The predicted molar refractivity (Wildman–Crippen MR) is 131 cm³/mol. The Morgan fingerprint density at radius 1 is 1.06 bits per heavy atom. The van der Waals surface area contributed by atoms with Gasteiger partial charge in [0.2, 0.25) is 0 Å². The molecule has 2 fully saturated rings. The minimum Gasteiger partial charge on any atom is -0.368 e. The zero-order valence-electron chi connectivity index (χ0n) is 17.3. The van der Waals surface area contributed by atoms with Gasteiger partial charge in [-0.25, -0.2) is 8.42 Å². The second-order valence-electron chi connectivity index (χ2n) is 8.20. The lowest BCUT2D eigenvalue weighted by Crippen LogP contribution is -2.48. The highest BCUT2D eigenvalue weighted by Gasteiger charge is 2.42. The standard InChI is InChI=1S/C22H23ClN4O3S2/c23-16-4-2-6-18(12-16)26-7-9-27(10-8-26)21(28)15-3-1-5-17(11-15)24-22-25-19-13-32(29,30)14-20(19)31-22/h1-6,11-12,19-20H,7-10,13-14H2,(H,24,25)/t19-,20-/m0/s1. The lowest BCUT2D eigenvalue weighted by Gasteiger charge is -2.36. The van der Waals surface area contributed by atoms with Gasteiger partial charge in [0.1, 0.15) is 0 Å². The summed E-state index contributed by atoms with van der Waals surface area (Å²) in [6.07, 6.45) is 0. The third-order valence-corrected chi connectivity index (χ3v) is 9.30. The number of carbonyl (C=O) groups is 1. The molecule has 5 rings (SSSR count). The molecule has 10 heteroatoms. The molecule has 2 aromatic rings. The molecule has 0 bridgehead atoms. The summed E-state index contributed by atoms with van der Waals surface area (Å²) < 4.78 is 23.5. The van der Waals surface area contributed by atoms with Crippen LogP contribution in [0.4, 0.5) is 11.4 Å². The monoisotopic (exact) mass is 490 g/mol. The van der Waals surface area contributed by atoms with E-state index in [4.69, 9.17) is 11.6 Å². The summed E-state index contributed by atoms with van der Waals surface area (Å²) in [5.74, 6) is 0.301. The molecule has 1 amide bonds. The average molecular weight is 491 g/mol. The van der Waals surface area contributed by atoms with Crippen molar-refractivity contribution in [3.05, 3.63) is 59.1 Å². The number of amides is 1. The Kier molecular flexibility index (Phi) is 5.81. The minimum atomic E-state index is -2.97. The molecule has 0 aliphatic carbocycles. The molecule has 0 radical (unpaired) electrons. The summed E-state index contributed by atoms with van der Waals surface area (Å²) in [7, 11) is -2.97. The first-order valence-electron chi connectivity index (χ1n) is 10.5. The van der Waals surface area contributed by atoms with Crippen molar-refractivity contribution in [1.29, 1.82) is 0 Å². The number of carbonyl (C=O) groups excluding carboxylic acids is 1. The lowest BCUT2D eigenvalue weighted by atomic mass is 10.1. The second kappa shape index (κ2) is 8.61. The number of hydrogen-bond donors (Lipinski definition) is 1. The van der Waals surface area contributed by atoms with Gasteiger partial charge in [-0.1, -0.05) is 35.5 Å². The zero-order valence-corrected chi connectivity index (χ0v) is 19.7. The number of benzene rings is 2. The van der Waals surface area contributed by atoms with E-state index in [2.05, 4.69) is 15.2 Å². The molecule has 2 atom stereocenters. The van der Waals surface area contributed by atoms with Crippen LogP contribution in [0.5, 0.6) is 0 Å². The lowest BCUT2D eigenvalue weighted by molar-refractivity contribution is 0.0747. The number of hydrogen-bond acceptors (Lipinski definition) is 7. The van der Waals surface area contributed by atoms with E-state index in [0.29, 0.717) is 23.7 Å². The number of halogens is 1. The number of thioether (sulfide) groups is 1. The molecule has 0 saturated carbocycles. The van der Waals surface area contributed by atoms with Gasteiger partial charge in [0.15, 0.2) is 15.0 Å². The van der Waals surface area contributed by atoms with Crippen molar-refractivity contribution < 1.29 is 13.2 Å². The Morgan fingerprint density at radius 3 is 2.59 bits per heavy atom. The molecule has 2 saturated heterocycles. The van der Waals surface area contributed by atoms with E-state index in [1.165, 1.54) is 11.8 Å². The summed E-state index contributed by atoms with van der Waals surface area (Å²) in [6.45, 7) is 2.79. The molecular formula is C22H23ClN4O3S2. The molecule has 7 nitrogen and oxygen atoms in total. The Morgan fingerprint density at radius 2 is 1.84 bits per heavy atom. The van der Waals surface area contributed by atoms with Crippen LogP contribution in [0.1, 0.15) is 10.4 Å². The molecule has 1 N–H and O–H groups in total. The maximum Gasteiger partial charge on any atom is 0.254 e. The minimum absolute atomic E-state index is 0.00312. The maximum absolute atomic E-state index is 13.1. The predicted octanol–water partition coefficient (Wildman–Crippen LogP) is 2.98. The smallest absolute Gasteiger partial charge is 0.254 e. The molecule has 2 aromatic carbocycles. The fraction of sp³-hybridized carbons (Fsp3) is 0.364. The van der Waals surface area contributed by atoms with Gasteiger partial charge >= 0.3 is 0 Å². The second-order valence-corrected chi connectivity index (χ2v) is 12.0. The highest BCUT2D eigenvalue weighted by molar-refractivity contribution is 8.15.